The van der Waals surface area contributed by atoms with Crippen LogP contribution in [0.15, 0.2) is 67.3 Å². The van der Waals surface area contributed by atoms with E-state index in [1.165, 1.54) is 6.07 Å². The predicted molar refractivity (Wildman–Crippen MR) is 81.6 cm³/mol. The number of rotatable bonds is 2. The summed E-state index contributed by atoms with van der Waals surface area (Å²) in [6, 6.07) is 12.1. The van der Waals surface area contributed by atoms with Crippen molar-refractivity contribution in [3.63, 3.8) is 0 Å². The number of hydrogen-bond acceptors (Lipinski definition) is 3. The van der Waals surface area contributed by atoms with Crippen molar-refractivity contribution in [3.05, 3.63) is 73.1 Å². The first-order valence-electron chi connectivity index (χ1n) is 6.82. The minimum Gasteiger partial charge on any atom is -0.256 e. The molecular formula is C17H11FN4. The summed E-state index contributed by atoms with van der Waals surface area (Å²) in [5, 5.41) is 4.26. The normalized spacial score (nSPS) is 11.0. The smallest absolute Gasteiger partial charge is 0.162 e. The zero-order valence-corrected chi connectivity index (χ0v) is 11.5. The van der Waals surface area contributed by atoms with Crippen molar-refractivity contribution in [1.29, 1.82) is 0 Å². The fraction of sp³-hybridized carbons (Fsp3) is 0. The van der Waals surface area contributed by atoms with Crippen LogP contribution in [0.5, 0.6) is 0 Å². The van der Waals surface area contributed by atoms with Gasteiger partial charge in [0.05, 0.1) is 11.9 Å². The zero-order valence-electron chi connectivity index (χ0n) is 11.5. The molecule has 3 heterocycles. The van der Waals surface area contributed by atoms with Gasteiger partial charge in [-0.05, 0) is 24.3 Å². The number of fused-ring (bicyclic) bond motifs is 1. The van der Waals surface area contributed by atoms with Gasteiger partial charge in [0.15, 0.2) is 5.65 Å². The number of hydrogen-bond donors (Lipinski definition) is 0. The molecule has 0 bridgehead atoms. The number of pyridine rings is 1. The summed E-state index contributed by atoms with van der Waals surface area (Å²) in [6.07, 6.45) is 7.03. The predicted octanol–water partition coefficient (Wildman–Crippen LogP) is 3.60. The van der Waals surface area contributed by atoms with E-state index >= 15 is 0 Å². The lowest BCUT2D eigenvalue weighted by molar-refractivity contribution is 0.631. The van der Waals surface area contributed by atoms with E-state index in [9.17, 15) is 4.39 Å². The maximum atomic E-state index is 13.8. The maximum absolute atomic E-state index is 13.8. The van der Waals surface area contributed by atoms with Crippen molar-refractivity contribution in [2.24, 2.45) is 0 Å². The van der Waals surface area contributed by atoms with Crippen LogP contribution in [0.1, 0.15) is 0 Å². The van der Waals surface area contributed by atoms with Crippen LogP contribution in [0.25, 0.3) is 28.0 Å². The molecule has 4 nitrogen and oxygen atoms in total. The molecule has 0 unspecified atom stereocenters. The Morgan fingerprint density at radius 3 is 2.59 bits per heavy atom. The summed E-state index contributed by atoms with van der Waals surface area (Å²) < 4.78 is 15.5. The Kier molecular flexibility index (Phi) is 2.89. The largest absolute Gasteiger partial charge is 0.256 e. The highest BCUT2D eigenvalue weighted by atomic mass is 19.1. The first-order chi connectivity index (χ1) is 10.8. The van der Waals surface area contributed by atoms with Crippen molar-refractivity contribution in [2.45, 2.75) is 0 Å². The SMILES string of the molecule is Fc1ccccc1-c1ccc(-c2cnn3cccnc23)cn1. The third-order valence-corrected chi connectivity index (χ3v) is 3.50. The van der Waals surface area contributed by atoms with Gasteiger partial charge in [0.25, 0.3) is 0 Å². The van der Waals surface area contributed by atoms with Gasteiger partial charge in [-0.2, -0.15) is 5.10 Å². The third-order valence-electron chi connectivity index (χ3n) is 3.50. The Balaban J connectivity index is 1.78. The van der Waals surface area contributed by atoms with E-state index < -0.39 is 0 Å². The second kappa shape index (κ2) is 5.04. The van der Waals surface area contributed by atoms with E-state index in [0.717, 1.165) is 16.8 Å². The molecule has 0 atom stereocenters. The van der Waals surface area contributed by atoms with E-state index in [0.29, 0.717) is 11.3 Å². The van der Waals surface area contributed by atoms with Gasteiger partial charge < -0.3 is 0 Å². The van der Waals surface area contributed by atoms with Gasteiger partial charge in [-0.3, -0.25) is 4.98 Å². The van der Waals surface area contributed by atoms with E-state index in [1.54, 1.807) is 47.4 Å². The molecule has 106 valence electrons. The topological polar surface area (TPSA) is 43.1 Å². The van der Waals surface area contributed by atoms with E-state index in [1.807, 2.05) is 18.3 Å². The van der Waals surface area contributed by atoms with E-state index in [4.69, 9.17) is 0 Å². The van der Waals surface area contributed by atoms with Gasteiger partial charge in [-0.25, -0.2) is 13.9 Å². The van der Waals surface area contributed by atoms with Gasteiger partial charge in [0.1, 0.15) is 5.82 Å². The van der Waals surface area contributed by atoms with E-state index in [2.05, 4.69) is 15.1 Å². The Labute approximate surface area is 125 Å². The molecule has 4 aromatic rings. The number of aromatic nitrogens is 4. The third kappa shape index (κ3) is 2.03. The van der Waals surface area contributed by atoms with Crippen LogP contribution < -0.4 is 0 Å². The minimum absolute atomic E-state index is 0.277. The van der Waals surface area contributed by atoms with Crippen LogP contribution in [0, 0.1) is 5.82 Å². The van der Waals surface area contributed by atoms with Crippen molar-refractivity contribution in [2.75, 3.05) is 0 Å². The highest BCUT2D eigenvalue weighted by molar-refractivity contribution is 5.77. The first-order valence-corrected chi connectivity index (χ1v) is 6.82. The highest BCUT2D eigenvalue weighted by Crippen LogP contribution is 2.25. The molecule has 22 heavy (non-hydrogen) atoms. The molecule has 0 aliphatic carbocycles. The van der Waals surface area contributed by atoms with Crippen LogP contribution in [-0.4, -0.2) is 19.6 Å². The Bertz CT molecular complexity index is 944. The Morgan fingerprint density at radius 1 is 0.864 bits per heavy atom. The average Bonchev–Trinajstić information content (AvgIpc) is 3.00. The molecule has 0 spiro atoms. The van der Waals surface area contributed by atoms with E-state index in [-0.39, 0.29) is 5.82 Å². The second-order valence-electron chi connectivity index (χ2n) is 4.86. The lowest BCUT2D eigenvalue weighted by atomic mass is 10.1. The number of nitrogens with zero attached hydrogens (tertiary/aromatic N) is 4. The lowest BCUT2D eigenvalue weighted by Crippen LogP contribution is -1.89. The minimum atomic E-state index is -0.277. The van der Waals surface area contributed by atoms with Gasteiger partial charge >= 0.3 is 0 Å². The molecule has 0 aliphatic rings. The van der Waals surface area contributed by atoms with Crippen molar-refractivity contribution in [1.82, 2.24) is 19.6 Å². The highest BCUT2D eigenvalue weighted by Gasteiger charge is 2.09. The fourth-order valence-electron chi connectivity index (χ4n) is 2.41. The summed E-state index contributed by atoms with van der Waals surface area (Å²) in [5.41, 5.74) is 3.66. The monoisotopic (exact) mass is 290 g/mol. The summed E-state index contributed by atoms with van der Waals surface area (Å²) in [7, 11) is 0. The molecular weight excluding hydrogens is 279 g/mol. The molecule has 0 saturated carbocycles. The summed E-state index contributed by atoms with van der Waals surface area (Å²) in [4.78, 5) is 8.69. The van der Waals surface area contributed by atoms with Crippen molar-refractivity contribution >= 4 is 5.65 Å². The summed E-state index contributed by atoms with van der Waals surface area (Å²) in [5.74, 6) is -0.277. The van der Waals surface area contributed by atoms with Gasteiger partial charge in [-0.1, -0.05) is 18.2 Å². The van der Waals surface area contributed by atoms with Crippen molar-refractivity contribution in [3.8, 4) is 22.4 Å². The molecule has 0 saturated heterocycles. The lowest BCUT2D eigenvalue weighted by Gasteiger charge is -2.04. The number of benzene rings is 1. The van der Waals surface area contributed by atoms with Crippen LogP contribution in [0.4, 0.5) is 4.39 Å². The fourth-order valence-corrected chi connectivity index (χ4v) is 2.41. The maximum Gasteiger partial charge on any atom is 0.162 e. The van der Waals surface area contributed by atoms with Crippen LogP contribution in [0.3, 0.4) is 0 Å². The first kappa shape index (κ1) is 12.6. The second-order valence-corrected chi connectivity index (χ2v) is 4.86. The van der Waals surface area contributed by atoms with Gasteiger partial charge in [0, 0.05) is 35.3 Å². The number of halogens is 1. The molecule has 0 radical (unpaired) electrons. The van der Waals surface area contributed by atoms with Crippen LogP contribution in [-0.2, 0) is 0 Å². The van der Waals surface area contributed by atoms with Crippen LogP contribution in [0.2, 0.25) is 0 Å². The Hall–Kier alpha value is -3.08. The molecule has 3 aromatic heterocycles. The average molecular weight is 290 g/mol. The Morgan fingerprint density at radius 2 is 1.77 bits per heavy atom. The molecule has 0 amide bonds. The summed E-state index contributed by atoms with van der Waals surface area (Å²) in [6.45, 7) is 0. The van der Waals surface area contributed by atoms with Gasteiger partial charge in [0.2, 0.25) is 0 Å². The zero-order chi connectivity index (χ0) is 14.9. The summed E-state index contributed by atoms with van der Waals surface area (Å²) >= 11 is 0. The molecule has 1 aromatic carbocycles. The molecule has 4 rings (SSSR count). The molecule has 0 fully saturated rings. The van der Waals surface area contributed by atoms with Gasteiger partial charge in [-0.15, -0.1) is 0 Å². The molecule has 0 aliphatic heterocycles. The van der Waals surface area contributed by atoms with Crippen molar-refractivity contribution < 1.29 is 4.39 Å². The standard InChI is InChI=1S/C17H11FN4/c18-15-5-2-1-4-13(15)16-7-6-12(10-20-16)14-11-21-22-9-3-8-19-17(14)22/h1-11H. The quantitative estimate of drug-likeness (QED) is 0.566. The van der Waals surface area contributed by atoms with Crippen LogP contribution >= 0.6 is 0 Å². The molecule has 5 heteroatoms. The molecule has 0 N–H and O–H groups in total.